The number of hydrogen-bond donors (Lipinski definition) is 1. The molecule has 3 nitrogen and oxygen atoms in total. The van der Waals surface area contributed by atoms with Gasteiger partial charge in [0.2, 0.25) is 0 Å². The fourth-order valence-electron chi connectivity index (χ4n) is 2.88. The number of rotatable bonds is 5. The molecule has 2 rings (SSSR count). The summed E-state index contributed by atoms with van der Waals surface area (Å²) in [6, 6.07) is 5.79. The largest absolute Gasteiger partial charge is 0.489 e. The van der Waals surface area contributed by atoms with Crippen molar-refractivity contribution in [1.29, 1.82) is 0 Å². The Bertz CT molecular complexity index is 431. The molecule has 1 aromatic rings. The number of benzene rings is 1. The molecule has 0 aliphatic heterocycles. The van der Waals surface area contributed by atoms with Crippen molar-refractivity contribution >= 4 is 5.69 Å². The van der Waals surface area contributed by atoms with Crippen LogP contribution in [0.25, 0.3) is 0 Å². The van der Waals surface area contributed by atoms with Gasteiger partial charge in [-0.15, -0.1) is 0 Å². The monoisotopic (exact) mass is 277 g/mol. The Kier molecular flexibility index (Phi) is 5.16. The lowest BCUT2D eigenvalue weighted by Gasteiger charge is -2.29. The highest BCUT2D eigenvalue weighted by Crippen LogP contribution is 2.35. The van der Waals surface area contributed by atoms with Gasteiger partial charge in [-0.05, 0) is 51.2 Å². The van der Waals surface area contributed by atoms with E-state index in [1.165, 1.54) is 19.3 Å². The second-order valence-corrected chi connectivity index (χ2v) is 6.02. The Morgan fingerprint density at radius 2 is 2.00 bits per heavy atom. The van der Waals surface area contributed by atoms with E-state index in [4.69, 9.17) is 15.2 Å². The first-order valence-electron chi connectivity index (χ1n) is 7.82. The zero-order chi connectivity index (χ0) is 14.5. The molecule has 2 unspecified atom stereocenters. The van der Waals surface area contributed by atoms with E-state index in [2.05, 4.69) is 6.92 Å². The fraction of sp³-hybridized carbons (Fsp3) is 0.647. The first-order chi connectivity index (χ1) is 9.60. The average molecular weight is 277 g/mol. The Morgan fingerprint density at radius 1 is 1.25 bits per heavy atom. The van der Waals surface area contributed by atoms with Crippen LogP contribution in [-0.4, -0.2) is 12.2 Å². The van der Waals surface area contributed by atoms with Gasteiger partial charge in [0.05, 0.1) is 12.2 Å². The summed E-state index contributed by atoms with van der Waals surface area (Å²) in [5.41, 5.74) is 6.79. The number of ether oxygens (including phenoxy) is 2. The summed E-state index contributed by atoms with van der Waals surface area (Å²) in [5, 5.41) is 0. The normalized spacial score (nSPS) is 22.8. The third-order valence-electron chi connectivity index (χ3n) is 3.99. The van der Waals surface area contributed by atoms with Crippen molar-refractivity contribution in [2.45, 2.75) is 65.1 Å². The van der Waals surface area contributed by atoms with E-state index in [9.17, 15) is 0 Å². The molecule has 0 bridgehead atoms. The van der Waals surface area contributed by atoms with Crippen LogP contribution >= 0.6 is 0 Å². The summed E-state index contributed by atoms with van der Waals surface area (Å²) in [4.78, 5) is 0. The Labute approximate surface area is 122 Å². The van der Waals surface area contributed by atoms with Crippen molar-refractivity contribution < 1.29 is 9.47 Å². The lowest BCUT2D eigenvalue weighted by atomic mass is 9.85. The van der Waals surface area contributed by atoms with Crippen molar-refractivity contribution in [2.24, 2.45) is 5.92 Å². The summed E-state index contributed by atoms with van der Waals surface area (Å²) in [6.07, 6.45) is 6.52. The van der Waals surface area contributed by atoms with Crippen LogP contribution in [0, 0.1) is 5.92 Å². The molecular formula is C17H27NO2. The molecule has 1 aliphatic carbocycles. The average Bonchev–Trinajstić information content (AvgIpc) is 2.43. The predicted molar refractivity (Wildman–Crippen MR) is 83.3 cm³/mol. The fourth-order valence-corrected chi connectivity index (χ4v) is 2.88. The van der Waals surface area contributed by atoms with Crippen molar-refractivity contribution in [3.8, 4) is 11.5 Å². The van der Waals surface area contributed by atoms with Gasteiger partial charge in [-0.2, -0.15) is 0 Å². The smallest absolute Gasteiger partial charge is 0.146 e. The Balaban J connectivity index is 2.05. The quantitative estimate of drug-likeness (QED) is 0.811. The lowest BCUT2D eigenvalue weighted by molar-refractivity contribution is 0.122. The van der Waals surface area contributed by atoms with Crippen LogP contribution in [0.2, 0.25) is 0 Å². The van der Waals surface area contributed by atoms with Gasteiger partial charge in [0.1, 0.15) is 17.2 Å². The van der Waals surface area contributed by atoms with Crippen LogP contribution < -0.4 is 15.2 Å². The highest BCUT2D eigenvalue weighted by Gasteiger charge is 2.23. The molecule has 2 atom stereocenters. The van der Waals surface area contributed by atoms with E-state index in [0.717, 1.165) is 30.3 Å². The summed E-state index contributed by atoms with van der Waals surface area (Å²) in [5.74, 6) is 2.29. The van der Waals surface area contributed by atoms with Crippen LogP contribution in [0.3, 0.4) is 0 Å². The highest BCUT2D eigenvalue weighted by molar-refractivity contribution is 5.62. The number of nitrogen functional groups attached to an aromatic ring is 1. The Morgan fingerprint density at radius 3 is 2.70 bits per heavy atom. The molecule has 3 heteroatoms. The SMILES string of the molecule is CCC1CCCC(Oc2cccc(OC(C)C)c2N)C1. The molecule has 0 amide bonds. The molecule has 1 aliphatic rings. The molecule has 0 aromatic heterocycles. The minimum atomic E-state index is 0.117. The van der Waals surface area contributed by atoms with E-state index in [0.29, 0.717) is 11.8 Å². The Hall–Kier alpha value is -1.38. The van der Waals surface area contributed by atoms with Gasteiger partial charge in [-0.1, -0.05) is 25.8 Å². The summed E-state index contributed by atoms with van der Waals surface area (Å²) < 4.78 is 11.8. The zero-order valence-corrected chi connectivity index (χ0v) is 12.9. The van der Waals surface area contributed by atoms with Crippen LogP contribution in [0.4, 0.5) is 5.69 Å². The maximum absolute atomic E-state index is 6.17. The summed E-state index contributed by atoms with van der Waals surface area (Å²) in [6.45, 7) is 6.26. The van der Waals surface area contributed by atoms with Gasteiger partial charge in [0.15, 0.2) is 0 Å². The topological polar surface area (TPSA) is 44.5 Å². The van der Waals surface area contributed by atoms with E-state index in [-0.39, 0.29) is 6.10 Å². The highest BCUT2D eigenvalue weighted by atomic mass is 16.5. The van der Waals surface area contributed by atoms with E-state index >= 15 is 0 Å². The predicted octanol–water partition coefficient (Wildman–Crippen LogP) is 4.40. The second kappa shape index (κ2) is 6.87. The first-order valence-corrected chi connectivity index (χ1v) is 7.82. The molecule has 0 saturated heterocycles. The van der Waals surface area contributed by atoms with Crippen molar-refractivity contribution in [2.75, 3.05) is 5.73 Å². The minimum absolute atomic E-state index is 0.117. The number of hydrogen-bond acceptors (Lipinski definition) is 3. The molecule has 2 N–H and O–H groups in total. The summed E-state index contributed by atoms with van der Waals surface area (Å²) >= 11 is 0. The van der Waals surface area contributed by atoms with Gasteiger partial charge in [-0.3, -0.25) is 0 Å². The molecule has 0 spiro atoms. The molecule has 0 heterocycles. The van der Waals surface area contributed by atoms with Gasteiger partial charge in [-0.25, -0.2) is 0 Å². The second-order valence-electron chi connectivity index (χ2n) is 6.02. The third kappa shape index (κ3) is 3.81. The van der Waals surface area contributed by atoms with Crippen LogP contribution in [0.1, 0.15) is 52.9 Å². The maximum Gasteiger partial charge on any atom is 0.146 e. The maximum atomic E-state index is 6.17. The van der Waals surface area contributed by atoms with Crippen LogP contribution in [-0.2, 0) is 0 Å². The number of anilines is 1. The van der Waals surface area contributed by atoms with Gasteiger partial charge in [0.25, 0.3) is 0 Å². The lowest BCUT2D eigenvalue weighted by Crippen LogP contribution is -2.25. The van der Waals surface area contributed by atoms with Gasteiger partial charge in [0, 0.05) is 0 Å². The number of para-hydroxylation sites is 1. The van der Waals surface area contributed by atoms with Crippen molar-refractivity contribution in [1.82, 2.24) is 0 Å². The number of nitrogens with two attached hydrogens (primary N) is 1. The third-order valence-corrected chi connectivity index (χ3v) is 3.99. The van der Waals surface area contributed by atoms with Gasteiger partial charge >= 0.3 is 0 Å². The molecule has 112 valence electrons. The molecule has 1 aromatic carbocycles. The molecule has 0 radical (unpaired) electrons. The van der Waals surface area contributed by atoms with E-state index < -0.39 is 0 Å². The van der Waals surface area contributed by atoms with E-state index in [1.807, 2.05) is 32.0 Å². The van der Waals surface area contributed by atoms with Crippen molar-refractivity contribution in [3.05, 3.63) is 18.2 Å². The molecular weight excluding hydrogens is 250 g/mol. The molecule has 1 saturated carbocycles. The van der Waals surface area contributed by atoms with E-state index in [1.54, 1.807) is 0 Å². The first kappa shape index (κ1) is 15.0. The van der Waals surface area contributed by atoms with Crippen LogP contribution in [0.5, 0.6) is 11.5 Å². The minimum Gasteiger partial charge on any atom is -0.489 e. The summed E-state index contributed by atoms with van der Waals surface area (Å²) in [7, 11) is 0. The standard InChI is InChI=1S/C17H27NO2/c1-4-13-7-5-8-14(11-13)20-16-10-6-9-15(17(16)18)19-12(2)3/h6,9-10,12-14H,4-5,7-8,11,18H2,1-3H3. The van der Waals surface area contributed by atoms with Crippen LogP contribution in [0.15, 0.2) is 18.2 Å². The van der Waals surface area contributed by atoms with Crippen molar-refractivity contribution in [3.63, 3.8) is 0 Å². The molecule has 20 heavy (non-hydrogen) atoms. The zero-order valence-electron chi connectivity index (χ0n) is 12.9. The van der Waals surface area contributed by atoms with Gasteiger partial charge < -0.3 is 15.2 Å². The molecule has 1 fully saturated rings.